The SMILES string of the molecule is B[C@H]1CN(C)C[C@@H](COP(=O)(N(C)C)N2C[C@@H](CO)O[C@@H](B)C2)O1. The van der Waals surface area contributed by atoms with Crippen molar-refractivity contribution in [1.29, 1.82) is 0 Å². The van der Waals surface area contributed by atoms with E-state index in [1.807, 2.05) is 22.7 Å². The van der Waals surface area contributed by atoms with Gasteiger partial charge < -0.3 is 24.0 Å². The number of nitrogens with zero attached hydrogens (tertiary/aromatic N) is 3. The van der Waals surface area contributed by atoms with E-state index in [9.17, 15) is 9.67 Å². The first-order chi connectivity index (χ1) is 11.2. The molecule has 138 valence electrons. The fourth-order valence-electron chi connectivity index (χ4n) is 3.33. The molecule has 0 aromatic heterocycles. The number of morpholine rings is 2. The third-order valence-corrected chi connectivity index (χ3v) is 6.85. The minimum Gasteiger partial charge on any atom is -0.394 e. The topological polar surface area (TPSA) is 74.7 Å². The van der Waals surface area contributed by atoms with Crippen LogP contribution in [-0.2, 0) is 18.6 Å². The lowest BCUT2D eigenvalue weighted by atomic mass is 9.98. The summed E-state index contributed by atoms with van der Waals surface area (Å²) in [6.45, 7) is 2.73. The Kier molecular flexibility index (Phi) is 7.34. The fraction of sp³-hybridized carbons (Fsp3) is 1.00. The lowest BCUT2D eigenvalue weighted by Crippen LogP contribution is -2.50. The lowest BCUT2D eigenvalue weighted by molar-refractivity contribution is -0.0694. The average Bonchev–Trinajstić information content (AvgIpc) is 2.50. The summed E-state index contributed by atoms with van der Waals surface area (Å²) in [5.74, 6) is 0. The molecule has 0 bridgehead atoms. The molecule has 0 spiro atoms. The van der Waals surface area contributed by atoms with Crippen molar-refractivity contribution in [2.24, 2.45) is 0 Å². The fourth-order valence-corrected chi connectivity index (χ4v) is 5.41. The predicted molar refractivity (Wildman–Crippen MR) is 97.8 cm³/mol. The van der Waals surface area contributed by atoms with E-state index in [4.69, 9.17) is 14.0 Å². The summed E-state index contributed by atoms with van der Waals surface area (Å²) in [5, 5.41) is 9.40. The van der Waals surface area contributed by atoms with Gasteiger partial charge in [0.2, 0.25) is 0 Å². The van der Waals surface area contributed by atoms with E-state index >= 15 is 0 Å². The summed E-state index contributed by atoms with van der Waals surface area (Å²) in [7, 11) is 6.32. The predicted octanol–water partition coefficient (Wildman–Crippen LogP) is -2.39. The van der Waals surface area contributed by atoms with Crippen LogP contribution in [0.2, 0.25) is 0 Å². The molecular weight excluding hydrogens is 331 g/mol. The molecular formula is C13H30B2N3O5P. The van der Waals surface area contributed by atoms with Crippen LogP contribution in [0.3, 0.4) is 0 Å². The summed E-state index contributed by atoms with van der Waals surface area (Å²) >= 11 is 0. The zero-order valence-electron chi connectivity index (χ0n) is 15.4. The van der Waals surface area contributed by atoms with Crippen molar-refractivity contribution in [3.8, 4) is 0 Å². The Bertz CT molecular complexity index is 451. The Morgan fingerprint density at radius 1 is 1.17 bits per heavy atom. The van der Waals surface area contributed by atoms with Crippen LogP contribution in [0.25, 0.3) is 0 Å². The molecule has 2 rings (SSSR count). The van der Waals surface area contributed by atoms with Crippen LogP contribution in [0.15, 0.2) is 0 Å². The number of hydrogen-bond donors (Lipinski definition) is 1. The summed E-state index contributed by atoms with van der Waals surface area (Å²) in [4.78, 5) is 2.20. The molecule has 11 heteroatoms. The minimum atomic E-state index is -3.18. The summed E-state index contributed by atoms with van der Waals surface area (Å²) < 4.78 is 34.4. The van der Waals surface area contributed by atoms with Crippen molar-refractivity contribution in [2.45, 2.75) is 24.2 Å². The van der Waals surface area contributed by atoms with Gasteiger partial charge in [0.1, 0.15) is 15.7 Å². The number of aliphatic hydroxyl groups excluding tert-OH is 1. The van der Waals surface area contributed by atoms with Gasteiger partial charge in [-0.25, -0.2) is 9.34 Å². The van der Waals surface area contributed by atoms with Crippen molar-refractivity contribution in [2.75, 3.05) is 60.5 Å². The van der Waals surface area contributed by atoms with Gasteiger partial charge in [0.25, 0.3) is 0 Å². The summed E-state index contributed by atoms with van der Waals surface area (Å²) in [6.07, 6.45) is -0.443. The van der Waals surface area contributed by atoms with E-state index in [1.165, 1.54) is 0 Å². The van der Waals surface area contributed by atoms with Gasteiger partial charge in [0.05, 0.1) is 25.4 Å². The van der Waals surface area contributed by atoms with Crippen molar-refractivity contribution in [3.63, 3.8) is 0 Å². The van der Waals surface area contributed by atoms with Gasteiger partial charge in [-0.1, -0.05) is 0 Å². The molecule has 2 heterocycles. The molecule has 0 aromatic carbocycles. The van der Waals surface area contributed by atoms with Crippen molar-refractivity contribution in [1.82, 2.24) is 14.2 Å². The first-order valence-corrected chi connectivity index (χ1v) is 10.1. The molecule has 0 saturated carbocycles. The van der Waals surface area contributed by atoms with Gasteiger partial charge in [0.15, 0.2) is 0 Å². The van der Waals surface area contributed by atoms with Crippen molar-refractivity contribution in [3.05, 3.63) is 0 Å². The summed E-state index contributed by atoms with van der Waals surface area (Å²) in [6, 6.07) is 0.0307. The lowest BCUT2D eigenvalue weighted by Gasteiger charge is -2.42. The molecule has 0 aliphatic carbocycles. The van der Waals surface area contributed by atoms with E-state index in [0.717, 1.165) is 13.1 Å². The van der Waals surface area contributed by atoms with E-state index in [0.29, 0.717) is 13.1 Å². The van der Waals surface area contributed by atoms with Crippen LogP contribution >= 0.6 is 7.67 Å². The maximum atomic E-state index is 13.5. The molecule has 2 aliphatic rings. The molecule has 2 fully saturated rings. The van der Waals surface area contributed by atoms with E-state index < -0.39 is 7.67 Å². The molecule has 24 heavy (non-hydrogen) atoms. The highest BCUT2D eigenvalue weighted by molar-refractivity contribution is 7.53. The van der Waals surface area contributed by atoms with E-state index in [2.05, 4.69) is 4.90 Å². The van der Waals surface area contributed by atoms with Crippen LogP contribution < -0.4 is 0 Å². The largest absolute Gasteiger partial charge is 0.394 e. The van der Waals surface area contributed by atoms with Crippen LogP contribution in [0.5, 0.6) is 0 Å². The second-order valence-electron chi connectivity index (χ2n) is 7.05. The summed E-state index contributed by atoms with van der Waals surface area (Å²) in [5.41, 5.74) is 0. The zero-order valence-corrected chi connectivity index (χ0v) is 16.3. The van der Waals surface area contributed by atoms with Crippen molar-refractivity contribution < 1.29 is 23.7 Å². The van der Waals surface area contributed by atoms with Gasteiger partial charge in [-0.3, -0.25) is 4.57 Å². The normalized spacial score (nSPS) is 35.9. The maximum absolute atomic E-state index is 13.5. The van der Waals surface area contributed by atoms with Gasteiger partial charge in [-0.05, 0) is 21.1 Å². The standard InChI is InChI=1S/C13H30B2N3O5P/c1-16(2)24(20,18-5-10(8-19)22-13(15)7-18)21-9-11-4-17(3)6-12(14)23-11/h10-13,19H,4-9,14-15H2,1-3H3/t10-,11-,12+,13+,24?/m0/s1. The molecule has 1 unspecified atom stereocenters. The first-order valence-electron chi connectivity index (χ1n) is 8.52. The highest BCUT2D eigenvalue weighted by atomic mass is 31.2. The van der Waals surface area contributed by atoms with Gasteiger partial charge >= 0.3 is 7.67 Å². The number of ether oxygens (including phenoxy) is 2. The Labute approximate surface area is 146 Å². The van der Waals surface area contributed by atoms with Crippen LogP contribution in [0.1, 0.15) is 0 Å². The highest BCUT2D eigenvalue weighted by Crippen LogP contribution is 2.53. The molecule has 8 nitrogen and oxygen atoms in total. The van der Waals surface area contributed by atoms with Crippen LogP contribution in [0.4, 0.5) is 0 Å². The second-order valence-corrected chi connectivity index (χ2v) is 9.65. The smallest absolute Gasteiger partial charge is 0.345 e. The third kappa shape index (κ3) is 5.05. The first kappa shape index (κ1) is 20.4. The Hall–Kier alpha value is 0.0799. The highest BCUT2D eigenvalue weighted by Gasteiger charge is 2.41. The van der Waals surface area contributed by atoms with Crippen LogP contribution in [-0.4, -0.2) is 120 Å². The van der Waals surface area contributed by atoms with Crippen LogP contribution in [0, 0.1) is 0 Å². The molecule has 5 atom stereocenters. The molecule has 0 radical (unpaired) electrons. The second kappa shape index (κ2) is 8.64. The van der Waals surface area contributed by atoms with Gasteiger partial charge in [0, 0.05) is 38.2 Å². The quantitative estimate of drug-likeness (QED) is 0.415. The average molecular weight is 361 g/mol. The number of likely N-dealkylation sites (N-methyl/N-ethyl adjacent to an activating group) is 1. The monoisotopic (exact) mass is 361 g/mol. The van der Waals surface area contributed by atoms with E-state index in [1.54, 1.807) is 23.4 Å². The van der Waals surface area contributed by atoms with Gasteiger partial charge in [-0.2, -0.15) is 0 Å². The number of hydrogen-bond acceptors (Lipinski definition) is 6. The third-order valence-electron chi connectivity index (χ3n) is 4.31. The zero-order chi connectivity index (χ0) is 17.9. The molecule has 0 amide bonds. The molecule has 0 aromatic rings. The molecule has 2 saturated heterocycles. The Morgan fingerprint density at radius 3 is 2.38 bits per heavy atom. The molecule has 2 aliphatic heterocycles. The number of rotatable bonds is 6. The van der Waals surface area contributed by atoms with Gasteiger partial charge in [-0.15, -0.1) is 0 Å². The maximum Gasteiger partial charge on any atom is 0.345 e. The van der Waals surface area contributed by atoms with Crippen molar-refractivity contribution >= 4 is 23.4 Å². The molecule has 1 N–H and O–H groups in total. The van der Waals surface area contributed by atoms with E-state index in [-0.39, 0.29) is 37.4 Å². The minimum absolute atomic E-state index is 0.0949. The Balaban J connectivity index is 2.03. The number of aliphatic hydroxyl groups is 1. The Morgan fingerprint density at radius 2 is 1.79 bits per heavy atom.